The van der Waals surface area contributed by atoms with Crippen molar-refractivity contribution in [3.05, 3.63) is 42.0 Å². The van der Waals surface area contributed by atoms with Gasteiger partial charge in [0.05, 0.1) is 18.9 Å². The van der Waals surface area contributed by atoms with Crippen LogP contribution in [0, 0.1) is 5.41 Å². The first-order valence-corrected chi connectivity index (χ1v) is 8.00. The second-order valence-corrected chi connectivity index (χ2v) is 6.61. The normalized spacial score (nSPS) is 20.3. The van der Waals surface area contributed by atoms with E-state index in [2.05, 4.69) is 0 Å². The molecular weight excluding hydrogens is 306 g/mol. The smallest absolute Gasteiger partial charge is 0.311 e. The number of methoxy groups -OCH3 is 1. The Balaban J connectivity index is 1.82. The molecule has 1 heterocycles. The maximum absolute atomic E-state index is 12.6. The summed E-state index contributed by atoms with van der Waals surface area (Å²) in [5, 5.41) is 11.4. The molecule has 1 saturated heterocycles. The van der Waals surface area contributed by atoms with Crippen molar-refractivity contribution >= 4 is 22.6 Å². The van der Waals surface area contributed by atoms with Gasteiger partial charge < -0.3 is 14.7 Å². The van der Waals surface area contributed by atoms with E-state index < -0.39 is 11.4 Å². The minimum atomic E-state index is -0.840. The number of carboxylic acids is 1. The number of rotatable bonds is 4. The van der Waals surface area contributed by atoms with Gasteiger partial charge in [-0.1, -0.05) is 24.3 Å². The minimum absolute atomic E-state index is 0.0321. The molecule has 0 aromatic heterocycles. The number of hydrogen-bond donors (Lipinski definition) is 1. The summed E-state index contributed by atoms with van der Waals surface area (Å²) >= 11 is 0. The fraction of sp³-hybridized carbons (Fsp3) is 0.368. The molecule has 2 aromatic rings. The van der Waals surface area contributed by atoms with Gasteiger partial charge in [-0.05, 0) is 41.8 Å². The van der Waals surface area contributed by atoms with Crippen molar-refractivity contribution in [2.45, 2.75) is 19.8 Å². The number of nitrogens with zero attached hydrogens (tertiary/aromatic N) is 1. The van der Waals surface area contributed by atoms with Gasteiger partial charge in [-0.25, -0.2) is 0 Å². The summed E-state index contributed by atoms with van der Waals surface area (Å²) in [4.78, 5) is 25.6. The highest BCUT2D eigenvalue weighted by atomic mass is 16.5. The number of likely N-dealkylation sites (tertiary alicyclic amines) is 1. The Kier molecular flexibility index (Phi) is 4.18. The summed E-state index contributed by atoms with van der Waals surface area (Å²) < 4.78 is 5.28. The van der Waals surface area contributed by atoms with Gasteiger partial charge in [-0.2, -0.15) is 0 Å². The van der Waals surface area contributed by atoms with Crippen LogP contribution in [0.3, 0.4) is 0 Å². The van der Waals surface area contributed by atoms with Gasteiger partial charge >= 0.3 is 5.97 Å². The first-order chi connectivity index (χ1) is 11.4. The van der Waals surface area contributed by atoms with E-state index in [1.54, 1.807) is 18.9 Å². The molecule has 0 spiro atoms. The predicted octanol–water partition coefficient (Wildman–Crippen LogP) is 2.71. The number of carbonyl (C=O) groups is 2. The largest absolute Gasteiger partial charge is 0.497 e. The van der Waals surface area contributed by atoms with Crippen LogP contribution in [0.15, 0.2) is 36.4 Å². The molecule has 1 aliphatic heterocycles. The average molecular weight is 327 g/mol. The number of carboxylic acid groups (broad SMARTS) is 1. The molecule has 0 unspecified atom stereocenters. The molecule has 24 heavy (non-hydrogen) atoms. The number of aliphatic carboxylic acids is 1. The van der Waals surface area contributed by atoms with E-state index >= 15 is 0 Å². The van der Waals surface area contributed by atoms with Gasteiger partial charge in [-0.15, -0.1) is 0 Å². The third kappa shape index (κ3) is 2.94. The lowest BCUT2D eigenvalue weighted by molar-refractivity contribution is -0.147. The van der Waals surface area contributed by atoms with Crippen molar-refractivity contribution in [1.29, 1.82) is 0 Å². The Hall–Kier alpha value is -2.56. The Morgan fingerprint density at radius 1 is 1.29 bits per heavy atom. The summed E-state index contributed by atoms with van der Waals surface area (Å²) in [5.74, 6) is -0.120. The first-order valence-electron chi connectivity index (χ1n) is 8.00. The van der Waals surface area contributed by atoms with E-state index in [1.807, 2.05) is 36.4 Å². The van der Waals surface area contributed by atoms with Crippen molar-refractivity contribution < 1.29 is 19.4 Å². The molecule has 0 radical (unpaired) electrons. The van der Waals surface area contributed by atoms with E-state index in [-0.39, 0.29) is 18.9 Å². The van der Waals surface area contributed by atoms with Crippen LogP contribution in [0.4, 0.5) is 0 Å². The van der Waals surface area contributed by atoms with Crippen LogP contribution in [0.25, 0.3) is 10.8 Å². The van der Waals surface area contributed by atoms with Crippen LogP contribution in [-0.2, 0) is 16.0 Å². The second kappa shape index (κ2) is 6.15. The van der Waals surface area contributed by atoms with Crippen LogP contribution >= 0.6 is 0 Å². The second-order valence-electron chi connectivity index (χ2n) is 6.61. The van der Waals surface area contributed by atoms with Crippen LogP contribution in [-0.4, -0.2) is 42.1 Å². The fourth-order valence-electron chi connectivity index (χ4n) is 3.22. The molecule has 3 rings (SSSR count). The molecule has 1 aliphatic rings. The molecule has 0 bridgehead atoms. The number of hydrogen-bond acceptors (Lipinski definition) is 3. The minimum Gasteiger partial charge on any atom is -0.497 e. The number of amides is 1. The molecule has 2 aromatic carbocycles. The van der Waals surface area contributed by atoms with E-state index in [9.17, 15) is 14.7 Å². The van der Waals surface area contributed by atoms with Gasteiger partial charge in [0.25, 0.3) is 0 Å². The van der Waals surface area contributed by atoms with Gasteiger partial charge in [0, 0.05) is 13.1 Å². The highest BCUT2D eigenvalue weighted by Crippen LogP contribution is 2.31. The summed E-state index contributed by atoms with van der Waals surface area (Å²) in [6.45, 7) is 2.47. The lowest BCUT2D eigenvalue weighted by Gasteiger charge is -2.20. The highest BCUT2D eigenvalue weighted by Gasteiger charge is 2.41. The van der Waals surface area contributed by atoms with Gasteiger partial charge in [0.1, 0.15) is 5.75 Å². The standard InChI is InChI=1S/C19H21NO4/c1-19(18(22)23)8-9-20(12-19)17(21)10-14-5-3-4-13-6-7-15(24-2)11-16(13)14/h3-7,11H,8-10,12H2,1-2H3,(H,22,23)/t19-/m1/s1. The van der Waals surface area contributed by atoms with Crippen LogP contribution in [0.5, 0.6) is 5.75 Å². The SMILES string of the molecule is COc1ccc2cccc(CC(=O)N3CC[C@@](C)(C(=O)O)C3)c2c1. The first kappa shape index (κ1) is 16.3. The monoisotopic (exact) mass is 327 g/mol. The lowest BCUT2D eigenvalue weighted by atomic mass is 9.90. The summed E-state index contributed by atoms with van der Waals surface area (Å²) in [7, 11) is 1.62. The lowest BCUT2D eigenvalue weighted by Crippen LogP contribution is -2.35. The maximum Gasteiger partial charge on any atom is 0.311 e. The van der Waals surface area contributed by atoms with Gasteiger partial charge in [-0.3, -0.25) is 9.59 Å². The Labute approximate surface area is 140 Å². The zero-order valence-corrected chi connectivity index (χ0v) is 13.9. The van der Waals surface area contributed by atoms with Gasteiger partial charge in [0.2, 0.25) is 5.91 Å². The molecule has 126 valence electrons. The molecule has 1 atom stereocenters. The van der Waals surface area contributed by atoms with Crippen LogP contribution in [0.2, 0.25) is 0 Å². The van der Waals surface area contributed by atoms with Crippen molar-refractivity contribution in [2.75, 3.05) is 20.2 Å². The maximum atomic E-state index is 12.6. The van der Waals surface area contributed by atoms with E-state index in [0.717, 1.165) is 22.1 Å². The van der Waals surface area contributed by atoms with E-state index in [4.69, 9.17) is 4.74 Å². The fourth-order valence-corrected chi connectivity index (χ4v) is 3.22. The third-order valence-electron chi connectivity index (χ3n) is 4.86. The molecular formula is C19H21NO4. The number of fused-ring (bicyclic) bond motifs is 1. The third-order valence-corrected chi connectivity index (χ3v) is 4.86. The van der Waals surface area contributed by atoms with E-state index in [0.29, 0.717) is 13.0 Å². The van der Waals surface area contributed by atoms with Crippen molar-refractivity contribution in [3.63, 3.8) is 0 Å². The number of benzene rings is 2. The zero-order valence-electron chi connectivity index (χ0n) is 13.9. The molecule has 1 fully saturated rings. The Bertz CT molecular complexity index is 801. The predicted molar refractivity (Wildman–Crippen MR) is 91.1 cm³/mol. The highest BCUT2D eigenvalue weighted by molar-refractivity contribution is 5.91. The quantitative estimate of drug-likeness (QED) is 0.937. The van der Waals surface area contributed by atoms with Crippen molar-refractivity contribution in [1.82, 2.24) is 4.90 Å². The molecule has 5 nitrogen and oxygen atoms in total. The Morgan fingerprint density at radius 3 is 2.75 bits per heavy atom. The summed E-state index contributed by atoms with van der Waals surface area (Å²) in [6, 6.07) is 11.7. The zero-order chi connectivity index (χ0) is 17.3. The van der Waals surface area contributed by atoms with Crippen LogP contribution < -0.4 is 4.74 Å². The Morgan fingerprint density at radius 2 is 2.08 bits per heavy atom. The molecule has 5 heteroatoms. The molecule has 1 amide bonds. The number of carbonyl (C=O) groups excluding carboxylic acids is 1. The number of ether oxygens (including phenoxy) is 1. The topological polar surface area (TPSA) is 66.8 Å². The van der Waals surface area contributed by atoms with E-state index in [1.165, 1.54) is 0 Å². The average Bonchev–Trinajstić information content (AvgIpc) is 2.99. The summed E-state index contributed by atoms with van der Waals surface area (Å²) in [6.07, 6.45) is 0.762. The molecule has 0 aliphatic carbocycles. The molecule has 1 N–H and O–H groups in total. The van der Waals surface area contributed by atoms with Crippen molar-refractivity contribution in [3.8, 4) is 5.75 Å². The molecule has 0 saturated carbocycles. The van der Waals surface area contributed by atoms with Gasteiger partial charge in [0.15, 0.2) is 0 Å². The van der Waals surface area contributed by atoms with Crippen LogP contribution in [0.1, 0.15) is 18.9 Å². The van der Waals surface area contributed by atoms with Crippen molar-refractivity contribution in [2.24, 2.45) is 5.41 Å². The summed E-state index contributed by atoms with van der Waals surface area (Å²) in [5.41, 5.74) is 0.0952.